The summed E-state index contributed by atoms with van der Waals surface area (Å²) in [6.45, 7) is 7.10. The Kier molecular flexibility index (Phi) is 7.10. The Morgan fingerprint density at radius 1 is 1.00 bits per heavy atom. The Labute approximate surface area is 283 Å². The number of carbonyl (C=O) groups excluding carboxylic acids is 2. The fourth-order valence-electron chi connectivity index (χ4n) is 10.4. The van der Waals surface area contributed by atoms with Gasteiger partial charge < -0.3 is 15.0 Å². The van der Waals surface area contributed by atoms with E-state index >= 15 is 0 Å². The molecule has 4 aliphatic carbocycles. The minimum absolute atomic E-state index is 0.00167. The van der Waals surface area contributed by atoms with Gasteiger partial charge in [-0.25, -0.2) is 4.72 Å². The van der Waals surface area contributed by atoms with Gasteiger partial charge in [-0.1, -0.05) is 70.4 Å². The van der Waals surface area contributed by atoms with E-state index in [4.69, 9.17) is 0 Å². The smallest absolute Gasteiger partial charge is 0.303 e. The number of carbonyl (C=O) groups is 2. The number of hydrogen-bond donors (Lipinski definition) is 3. The summed E-state index contributed by atoms with van der Waals surface area (Å²) in [6.07, 6.45) is 7.80. The van der Waals surface area contributed by atoms with Crippen LogP contribution in [0.2, 0.25) is 0 Å². The highest BCUT2D eigenvalue weighted by atomic mass is 32.2. The maximum absolute atomic E-state index is 14.7. The molecule has 1 aliphatic heterocycles. The lowest BCUT2D eigenvalue weighted by Crippen LogP contribution is -2.51. The molecule has 4 saturated carbocycles. The molecule has 2 amide bonds. The Balaban J connectivity index is 1.26. The number of nitrogens with zero attached hydrogens (tertiary/aromatic N) is 2. The third-order valence-corrected chi connectivity index (χ3v) is 15.1. The van der Waals surface area contributed by atoms with Gasteiger partial charge in [0.1, 0.15) is 0 Å². The van der Waals surface area contributed by atoms with Crippen LogP contribution < -0.4 is 10.0 Å². The van der Waals surface area contributed by atoms with E-state index < -0.39 is 27.6 Å². The zero-order chi connectivity index (χ0) is 34.0. The van der Waals surface area contributed by atoms with Crippen LogP contribution in [0.15, 0.2) is 42.5 Å². The normalized spacial score (nSPS) is 32.0. The van der Waals surface area contributed by atoms with Gasteiger partial charge in [-0.3, -0.25) is 9.59 Å². The number of fused-ring (bicyclic) bond motifs is 9. The third-order valence-electron chi connectivity index (χ3n) is 13.7. The first-order chi connectivity index (χ1) is 22.7. The van der Waals surface area contributed by atoms with Gasteiger partial charge in [-0.2, -0.15) is 12.7 Å². The van der Waals surface area contributed by atoms with Crippen LogP contribution in [0.5, 0.6) is 0 Å². The summed E-state index contributed by atoms with van der Waals surface area (Å²) in [6, 6.07) is 13.7. The van der Waals surface area contributed by atoms with Crippen LogP contribution in [-0.4, -0.2) is 60.5 Å². The largest absolute Gasteiger partial charge is 0.390 e. The molecule has 10 heteroatoms. The zero-order valence-corrected chi connectivity index (χ0v) is 29.5. The molecule has 5 aliphatic rings. The van der Waals surface area contributed by atoms with Crippen molar-refractivity contribution < 1.29 is 23.1 Å². The summed E-state index contributed by atoms with van der Waals surface area (Å²) in [5, 5.41) is 16.1. The van der Waals surface area contributed by atoms with Crippen LogP contribution in [0.4, 0.5) is 0 Å². The maximum Gasteiger partial charge on any atom is 0.303 e. The molecule has 2 aromatic carbocycles. The van der Waals surface area contributed by atoms with Crippen molar-refractivity contribution in [2.24, 2.45) is 22.2 Å². The highest BCUT2D eigenvalue weighted by molar-refractivity contribution is 7.87. The summed E-state index contributed by atoms with van der Waals surface area (Å²) < 4.78 is 30.6. The van der Waals surface area contributed by atoms with Crippen molar-refractivity contribution in [3.8, 4) is 11.3 Å². The highest BCUT2D eigenvalue weighted by Gasteiger charge is 2.68. The molecule has 2 heterocycles. The second kappa shape index (κ2) is 10.6. The molecule has 8 rings (SSSR count). The molecule has 3 aromatic rings. The fraction of sp³-hybridized carbons (Fsp3) is 0.579. The van der Waals surface area contributed by atoms with Gasteiger partial charge >= 0.3 is 10.2 Å². The van der Waals surface area contributed by atoms with Gasteiger partial charge in [0.2, 0.25) is 5.91 Å². The predicted octanol–water partition coefficient (Wildman–Crippen LogP) is 5.68. The number of benzene rings is 2. The number of aliphatic hydroxyl groups is 1. The molecule has 3 N–H and O–H groups in total. The van der Waals surface area contributed by atoms with E-state index in [0.29, 0.717) is 18.9 Å². The molecule has 2 bridgehead atoms. The van der Waals surface area contributed by atoms with Gasteiger partial charge in [-0.15, -0.1) is 0 Å². The van der Waals surface area contributed by atoms with E-state index in [-0.39, 0.29) is 40.2 Å². The summed E-state index contributed by atoms with van der Waals surface area (Å²) in [7, 11) is -1.21. The Hall–Kier alpha value is -3.21. The van der Waals surface area contributed by atoms with Crippen molar-refractivity contribution in [2.75, 3.05) is 14.1 Å². The molecular weight excluding hydrogens is 625 g/mol. The van der Waals surface area contributed by atoms with Crippen molar-refractivity contribution >= 4 is 32.9 Å². The molecule has 6 atom stereocenters. The molecule has 0 saturated heterocycles. The number of amides is 2. The van der Waals surface area contributed by atoms with Crippen molar-refractivity contribution in [1.82, 2.24) is 18.9 Å². The van der Waals surface area contributed by atoms with Crippen molar-refractivity contribution in [3.63, 3.8) is 0 Å². The molecule has 2 unspecified atom stereocenters. The molecule has 1 aromatic heterocycles. The van der Waals surface area contributed by atoms with E-state index in [1.807, 2.05) is 12.1 Å². The zero-order valence-electron chi connectivity index (χ0n) is 28.7. The maximum atomic E-state index is 14.7. The summed E-state index contributed by atoms with van der Waals surface area (Å²) >= 11 is 0. The molecule has 0 spiro atoms. The standard InChI is InChI=1S/C38H48N4O5S/c1-36(2)27-17-18-37(36,3)33(43)31(27)39-35(45)38-20-28(38)24-13-9-10-14-25(24)32-30(22-11-7-6-8-12-22)26-16-15-23(19-29(26)42(32)21-38)34(44)40-48(46,47)41(4)5/h9-10,13-16,19,22,27-28,31,33,43H,6-8,11-12,17-18,20-21H2,1-5H3,(H,39,45)(H,40,44)/t27?,28-,31+,33+,37?,38-/m0/s1. The quantitative estimate of drug-likeness (QED) is 0.311. The van der Waals surface area contributed by atoms with Crippen LogP contribution >= 0.6 is 0 Å². The van der Waals surface area contributed by atoms with E-state index in [1.165, 1.54) is 31.6 Å². The number of hydrogen-bond acceptors (Lipinski definition) is 5. The number of nitrogens with one attached hydrogen (secondary N) is 2. The Bertz CT molecular complexity index is 1960. The molecule has 4 fully saturated rings. The number of rotatable bonds is 6. The lowest BCUT2D eigenvalue weighted by atomic mass is 9.70. The van der Waals surface area contributed by atoms with Gasteiger partial charge in [0, 0.05) is 54.0 Å². The minimum atomic E-state index is -3.98. The number of aromatic nitrogens is 1. The summed E-state index contributed by atoms with van der Waals surface area (Å²) in [4.78, 5) is 28.0. The van der Waals surface area contributed by atoms with E-state index in [2.05, 4.69) is 59.6 Å². The van der Waals surface area contributed by atoms with Crippen LogP contribution in [0.25, 0.3) is 22.2 Å². The fourth-order valence-corrected chi connectivity index (χ4v) is 10.9. The van der Waals surface area contributed by atoms with E-state index in [1.54, 1.807) is 6.07 Å². The monoisotopic (exact) mass is 672 g/mol. The van der Waals surface area contributed by atoms with Gasteiger partial charge in [0.15, 0.2) is 0 Å². The SMILES string of the molecule is CN(C)S(=O)(=O)NC(=O)c1ccc2c(C3CCCCC3)c3n(c2c1)C[C@@]1(C(=O)N[C@@H]2C4CCC(C)([C@@H]2O)C4(C)C)C[C@H]1c1ccccc1-3. The van der Waals surface area contributed by atoms with Crippen LogP contribution in [-0.2, 0) is 21.5 Å². The first-order valence-electron chi connectivity index (χ1n) is 17.7. The molecule has 48 heavy (non-hydrogen) atoms. The third kappa shape index (κ3) is 4.37. The summed E-state index contributed by atoms with van der Waals surface area (Å²) in [5.74, 6) is -0.0798. The topological polar surface area (TPSA) is 121 Å². The van der Waals surface area contributed by atoms with Gasteiger partial charge in [-0.05, 0) is 72.6 Å². The van der Waals surface area contributed by atoms with Gasteiger partial charge in [0.05, 0.1) is 23.3 Å². The second-order valence-electron chi connectivity index (χ2n) is 16.4. The Morgan fingerprint density at radius 2 is 1.73 bits per heavy atom. The highest BCUT2D eigenvalue weighted by Crippen LogP contribution is 2.68. The Morgan fingerprint density at radius 3 is 2.42 bits per heavy atom. The lowest BCUT2D eigenvalue weighted by molar-refractivity contribution is -0.129. The molecule has 256 valence electrons. The number of aliphatic hydroxyl groups excluding tert-OH is 1. The first-order valence-corrected chi connectivity index (χ1v) is 19.1. The molecule has 9 nitrogen and oxygen atoms in total. The predicted molar refractivity (Wildman–Crippen MR) is 186 cm³/mol. The molecule has 0 radical (unpaired) electrons. The van der Waals surface area contributed by atoms with E-state index in [0.717, 1.165) is 65.0 Å². The van der Waals surface area contributed by atoms with Crippen molar-refractivity contribution in [2.45, 2.75) is 103 Å². The average Bonchev–Trinajstić information content (AvgIpc) is 3.62. The van der Waals surface area contributed by atoms with Crippen LogP contribution in [0, 0.1) is 22.2 Å². The lowest BCUT2D eigenvalue weighted by Gasteiger charge is -2.37. The second-order valence-corrected chi connectivity index (χ2v) is 18.2. The van der Waals surface area contributed by atoms with E-state index in [9.17, 15) is 23.1 Å². The van der Waals surface area contributed by atoms with Crippen molar-refractivity contribution in [1.29, 1.82) is 0 Å². The average molecular weight is 673 g/mol. The van der Waals surface area contributed by atoms with Crippen LogP contribution in [0.1, 0.15) is 105 Å². The van der Waals surface area contributed by atoms with Crippen LogP contribution in [0.3, 0.4) is 0 Å². The molecular formula is C38H48N4O5S. The minimum Gasteiger partial charge on any atom is -0.390 e. The van der Waals surface area contributed by atoms with Crippen molar-refractivity contribution in [3.05, 3.63) is 59.2 Å². The summed E-state index contributed by atoms with van der Waals surface area (Å²) in [5.41, 5.74) is 4.83. The first kappa shape index (κ1) is 32.0. The van der Waals surface area contributed by atoms with Gasteiger partial charge in [0.25, 0.3) is 5.91 Å².